The fourth-order valence-corrected chi connectivity index (χ4v) is 5.16. The third-order valence-corrected chi connectivity index (χ3v) is 7.73. The molecule has 2 saturated heterocycles. The summed E-state index contributed by atoms with van der Waals surface area (Å²) in [5.41, 5.74) is 0. The van der Waals surface area contributed by atoms with Crippen LogP contribution in [0.25, 0.3) is 0 Å². The van der Waals surface area contributed by atoms with E-state index in [4.69, 9.17) is 0 Å². The number of likely N-dealkylation sites (N-methyl/N-ethyl adjacent to an activating group) is 4. The van der Waals surface area contributed by atoms with E-state index < -0.39 is 0 Å². The zero-order valence-corrected chi connectivity index (χ0v) is 21.7. The summed E-state index contributed by atoms with van der Waals surface area (Å²) in [5.74, 6) is 0. The Hall–Kier alpha value is -0.240. The van der Waals surface area contributed by atoms with E-state index in [0.717, 1.165) is 0 Å². The Kier molecular flexibility index (Phi) is 13.6. The number of nitrogens with zero attached hydrogens (tertiary/aromatic N) is 6. The van der Waals surface area contributed by atoms with Crippen LogP contribution in [0.15, 0.2) is 0 Å². The van der Waals surface area contributed by atoms with Gasteiger partial charge in [-0.1, -0.05) is 47.5 Å². The highest BCUT2D eigenvalue weighted by Crippen LogP contribution is 2.17. The summed E-state index contributed by atoms with van der Waals surface area (Å²) in [4.78, 5) is 16.4. The van der Waals surface area contributed by atoms with Crippen molar-refractivity contribution in [1.29, 1.82) is 0 Å². The number of rotatable bonds is 9. The lowest BCUT2D eigenvalue weighted by atomic mass is 10.1. The predicted octanol–water partition coefficient (Wildman–Crippen LogP) is 2.42. The molecule has 0 saturated carbocycles. The van der Waals surface area contributed by atoms with Gasteiger partial charge in [0.1, 0.15) is 0 Å². The van der Waals surface area contributed by atoms with Gasteiger partial charge in [0.25, 0.3) is 0 Å². The van der Waals surface area contributed by atoms with Gasteiger partial charge in [-0.15, -0.1) is 0 Å². The fraction of sp³-hybridized carbons (Fsp3) is 1.00. The molecule has 0 aromatic rings. The van der Waals surface area contributed by atoms with Gasteiger partial charge >= 0.3 is 0 Å². The van der Waals surface area contributed by atoms with Crippen LogP contribution < -0.4 is 0 Å². The molecule has 0 amide bonds. The molecule has 2 aliphatic heterocycles. The van der Waals surface area contributed by atoms with Gasteiger partial charge in [0.05, 0.1) is 6.17 Å². The third-order valence-electron chi connectivity index (χ3n) is 7.73. The Morgan fingerprint density at radius 3 is 1.00 bits per heavy atom. The van der Waals surface area contributed by atoms with Gasteiger partial charge in [-0.05, 0) is 32.6 Å². The molecule has 0 radical (unpaired) electrons. The van der Waals surface area contributed by atoms with E-state index in [2.05, 4.69) is 64.0 Å². The number of hydrogen-bond acceptors (Lipinski definition) is 6. The first-order chi connectivity index (χ1) is 15.1. The van der Waals surface area contributed by atoms with Crippen molar-refractivity contribution in [1.82, 2.24) is 29.4 Å². The zero-order valence-electron chi connectivity index (χ0n) is 21.7. The van der Waals surface area contributed by atoms with Crippen molar-refractivity contribution < 1.29 is 0 Å². The molecule has 31 heavy (non-hydrogen) atoms. The maximum atomic E-state index is 2.86. The number of hydrogen-bond donors (Lipinski definition) is 0. The summed E-state index contributed by atoms with van der Waals surface area (Å²) >= 11 is 0. The highest BCUT2D eigenvalue weighted by molar-refractivity contribution is 4.81. The molecule has 2 rings (SSSR count). The highest BCUT2D eigenvalue weighted by Gasteiger charge is 2.27. The maximum Gasteiger partial charge on any atom is 0.0624 e. The van der Waals surface area contributed by atoms with Gasteiger partial charge in [0.2, 0.25) is 0 Å². The van der Waals surface area contributed by atoms with Crippen LogP contribution in [0, 0.1) is 0 Å². The highest BCUT2D eigenvalue weighted by atomic mass is 15.4. The molecule has 0 atom stereocenters. The minimum Gasteiger partial charge on any atom is -0.301 e. The van der Waals surface area contributed by atoms with Crippen molar-refractivity contribution in [2.75, 3.05) is 105 Å². The first-order valence-electron chi connectivity index (χ1n) is 13.5. The molecule has 0 unspecified atom stereocenters. The molecule has 0 aliphatic carbocycles. The van der Waals surface area contributed by atoms with E-state index >= 15 is 0 Å². The normalized spacial score (nSPS) is 23.8. The van der Waals surface area contributed by atoms with Crippen molar-refractivity contribution >= 4 is 0 Å². The Bertz CT molecular complexity index is 380. The van der Waals surface area contributed by atoms with Crippen LogP contribution in [-0.2, 0) is 0 Å². The van der Waals surface area contributed by atoms with Gasteiger partial charge in [0, 0.05) is 78.5 Å². The van der Waals surface area contributed by atoms with Crippen LogP contribution in [0.4, 0.5) is 0 Å². The number of unbranched alkanes of at least 4 members (excludes halogenated alkanes) is 1. The van der Waals surface area contributed by atoms with Gasteiger partial charge in [0.15, 0.2) is 0 Å². The molecule has 0 aromatic heterocycles. The van der Waals surface area contributed by atoms with Crippen LogP contribution >= 0.6 is 0 Å². The van der Waals surface area contributed by atoms with E-state index in [1.54, 1.807) is 0 Å². The molecular weight excluding hydrogens is 384 g/mol. The van der Waals surface area contributed by atoms with E-state index in [-0.39, 0.29) is 0 Å². The summed E-state index contributed by atoms with van der Waals surface area (Å²) in [7, 11) is 0. The first-order valence-corrected chi connectivity index (χ1v) is 13.5. The summed E-state index contributed by atoms with van der Waals surface area (Å²) in [6.45, 7) is 30.9. The Morgan fingerprint density at radius 1 is 0.452 bits per heavy atom. The molecule has 2 aliphatic rings. The zero-order chi connectivity index (χ0) is 22.5. The quantitative estimate of drug-likeness (QED) is 0.547. The van der Waals surface area contributed by atoms with Crippen molar-refractivity contribution in [3.63, 3.8) is 0 Å². The minimum atomic E-state index is 0.589. The lowest BCUT2D eigenvalue weighted by molar-refractivity contribution is 0.0210. The molecule has 2 heterocycles. The van der Waals surface area contributed by atoms with Crippen LogP contribution in [0.3, 0.4) is 0 Å². The molecule has 0 bridgehead atoms. The van der Waals surface area contributed by atoms with E-state index in [9.17, 15) is 0 Å². The maximum absolute atomic E-state index is 2.86. The second-order valence-corrected chi connectivity index (χ2v) is 9.43. The van der Waals surface area contributed by atoms with Crippen LogP contribution in [-0.4, -0.2) is 140 Å². The van der Waals surface area contributed by atoms with Crippen LogP contribution in [0.5, 0.6) is 0 Å². The summed E-state index contributed by atoms with van der Waals surface area (Å²) in [6.07, 6.45) is 4.53. The Morgan fingerprint density at radius 2 is 0.742 bits per heavy atom. The largest absolute Gasteiger partial charge is 0.301 e. The lowest BCUT2D eigenvalue weighted by Gasteiger charge is -2.41. The smallest absolute Gasteiger partial charge is 0.0624 e. The lowest BCUT2D eigenvalue weighted by Crippen LogP contribution is -2.54. The van der Waals surface area contributed by atoms with Crippen molar-refractivity contribution in [2.45, 2.75) is 60.0 Å². The predicted molar refractivity (Wildman–Crippen MR) is 135 cm³/mol. The molecule has 0 N–H and O–H groups in total. The van der Waals surface area contributed by atoms with Crippen LogP contribution in [0.1, 0.15) is 53.9 Å². The first kappa shape index (κ1) is 27.0. The molecule has 6 heteroatoms. The van der Waals surface area contributed by atoms with Crippen LogP contribution in [0.2, 0.25) is 0 Å². The van der Waals surface area contributed by atoms with Crippen molar-refractivity contribution in [3.8, 4) is 0 Å². The van der Waals surface area contributed by atoms with Crippen molar-refractivity contribution in [2.24, 2.45) is 0 Å². The average molecular weight is 439 g/mol. The molecule has 0 spiro atoms. The third kappa shape index (κ3) is 9.26. The standard InChI is InChI=1S/C25H54N6/c1-6-11-12-25(30-21-17-26(7-2)13-14-27(8-3)18-22-30)31-23-19-28(9-4)15-16-29(10-5)20-24-31/h25H,6-24H2,1-5H3. The van der Waals surface area contributed by atoms with E-state index in [1.807, 2.05) is 0 Å². The minimum absolute atomic E-state index is 0.589. The summed E-state index contributed by atoms with van der Waals surface area (Å²) in [5, 5.41) is 0. The Balaban J connectivity index is 2.18. The van der Waals surface area contributed by atoms with Gasteiger partial charge in [-0.25, -0.2) is 0 Å². The summed E-state index contributed by atoms with van der Waals surface area (Å²) in [6, 6.07) is 0. The molecule has 0 aromatic carbocycles. The van der Waals surface area contributed by atoms with Gasteiger partial charge < -0.3 is 19.6 Å². The summed E-state index contributed by atoms with van der Waals surface area (Å²) < 4.78 is 0. The average Bonchev–Trinajstić information content (AvgIpc) is 2.97. The fourth-order valence-electron chi connectivity index (χ4n) is 5.16. The second-order valence-electron chi connectivity index (χ2n) is 9.43. The van der Waals surface area contributed by atoms with Gasteiger partial charge in [-0.2, -0.15) is 0 Å². The molecular formula is C25H54N6. The van der Waals surface area contributed by atoms with Crippen molar-refractivity contribution in [3.05, 3.63) is 0 Å². The molecule has 2 fully saturated rings. The topological polar surface area (TPSA) is 19.4 Å². The Labute approximate surface area is 194 Å². The molecule has 6 nitrogen and oxygen atoms in total. The SMILES string of the molecule is CCCCC(N1CCN(CC)CCN(CC)CC1)N1CCN(CC)CCN(CC)CC1. The van der Waals surface area contributed by atoms with E-state index in [1.165, 1.54) is 124 Å². The monoisotopic (exact) mass is 438 g/mol. The second kappa shape index (κ2) is 15.6. The van der Waals surface area contributed by atoms with Gasteiger partial charge in [-0.3, -0.25) is 9.80 Å². The molecule has 184 valence electrons. The van der Waals surface area contributed by atoms with E-state index in [0.29, 0.717) is 6.17 Å².